The normalized spacial score (nSPS) is 16.5. The van der Waals surface area contributed by atoms with Crippen molar-refractivity contribution in [3.05, 3.63) is 0 Å². The molecule has 0 saturated carbocycles. The first-order valence-electron chi connectivity index (χ1n) is 48.2. The Morgan fingerprint density at radius 3 is 0.913 bits per heavy atom. The highest BCUT2D eigenvalue weighted by molar-refractivity contribution is 5.77. The molecule has 0 amide bonds. The second kappa shape index (κ2) is 69.8. The Morgan fingerprint density at radius 2 is 0.587 bits per heavy atom. The average Bonchev–Trinajstić information content (AvgIpc) is 0.668. The van der Waals surface area contributed by atoms with Crippen molar-refractivity contribution in [1.29, 1.82) is 0 Å². The number of unbranched alkanes of at least 4 members (excludes halogenated alkanes) is 44. The molecule has 0 aromatic rings. The maximum Gasteiger partial charge on any atom is 0.310 e. The summed E-state index contributed by atoms with van der Waals surface area (Å²) >= 11 is 0. The van der Waals surface area contributed by atoms with Gasteiger partial charge in [0, 0.05) is 19.0 Å². The third-order valence-electron chi connectivity index (χ3n) is 27.5. The summed E-state index contributed by atoms with van der Waals surface area (Å²) in [7, 11) is 0. The summed E-state index contributed by atoms with van der Waals surface area (Å²) in [5, 5.41) is 25.2. The van der Waals surface area contributed by atoms with E-state index in [1.807, 2.05) is 0 Å². The molecule has 0 aliphatic rings. The second-order valence-corrected chi connectivity index (χ2v) is 35.9. The number of hydrogen-bond donors (Lipinski definition) is 2. The van der Waals surface area contributed by atoms with Crippen molar-refractivity contribution in [2.75, 3.05) is 26.3 Å². The Labute approximate surface area is 655 Å². The van der Waals surface area contributed by atoms with Gasteiger partial charge in [-0.1, -0.05) is 463 Å². The minimum atomic E-state index is -0.941. The zero-order valence-corrected chi connectivity index (χ0v) is 74.3. The number of ether oxygens (including phenoxy) is 1. The molecule has 0 aromatic heterocycles. The molecule has 0 spiro atoms. The summed E-state index contributed by atoms with van der Waals surface area (Å²) in [5.74, 6) is 1.66. The van der Waals surface area contributed by atoms with E-state index in [0.717, 1.165) is 90.0 Å². The molecule has 9 atom stereocenters. The fourth-order valence-electron chi connectivity index (χ4n) is 21.7. The summed E-state index contributed by atoms with van der Waals surface area (Å²) < 4.78 is 5.65. The molecule has 6 heteroatoms. The topological polar surface area (TPSA) is 87.1 Å². The van der Waals surface area contributed by atoms with Crippen molar-refractivity contribution >= 4 is 11.9 Å². The van der Waals surface area contributed by atoms with Gasteiger partial charge in [0.15, 0.2) is 0 Å². The van der Waals surface area contributed by atoms with Crippen LogP contribution in [0.5, 0.6) is 0 Å². The molecule has 0 aliphatic carbocycles. The average molecular weight is 1470 g/mol. The van der Waals surface area contributed by atoms with Crippen LogP contribution in [0.4, 0.5) is 0 Å². The number of carbonyl (C=O) groups excluding carboxylic acids is 1. The summed E-state index contributed by atoms with van der Waals surface area (Å²) in [6.45, 7) is 42.9. The third-order valence-corrected chi connectivity index (χ3v) is 27.5. The molecule has 104 heavy (non-hydrogen) atoms. The number of aliphatic carboxylic acids is 1. The number of hydrogen-bond acceptors (Lipinski definition) is 5. The van der Waals surface area contributed by atoms with Crippen molar-refractivity contribution < 1.29 is 24.5 Å². The van der Waals surface area contributed by atoms with Gasteiger partial charge in [0.1, 0.15) is 0 Å². The molecule has 0 saturated heterocycles. The Hall–Kier alpha value is -1.14. The molecule has 622 valence electrons. The maximum absolute atomic E-state index is 17.2. The van der Waals surface area contributed by atoms with Crippen molar-refractivity contribution in [3.8, 4) is 0 Å². The summed E-state index contributed by atoms with van der Waals surface area (Å²) in [6.07, 6.45) is 78.2. The number of aliphatic hydroxyl groups is 1. The molecule has 0 radical (unpaired) electrons. The Kier molecular flexibility index (Phi) is 69.0. The number of carbonyl (C=O) groups is 2. The summed E-state index contributed by atoms with van der Waals surface area (Å²) in [5.41, 5.74) is -1.71. The van der Waals surface area contributed by atoms with Crippen LogP contribution in [0, 0.1) is 63.6 Å². The van der Waals surface area contributed by atoms with Gasteiger partial charge in [-0.15, -0.1) is 0 Å². The molecular weight excluding hydrogens is 1270 g/mol. The van der Waals surface area contributed by atoms with Gasteiger partial charge in [0.25, 0.3) is 0 Å². The van der Waals surface area contributed by atoms with Crippen LogP contribution < -0.4 is 0 Å². The van der Waals surface area contributed by atoms with Crippen LogP contribution in [0.2, 0.25) is 0 Å². The van der Waals surface area contributed by atoms with Crippen LogP contribution in [-0.4, -0.2) is 59.4 Å². The SMILES string of the molecule is CCCCCCCCC(C)C(CCCN(CCO)C(C)CCCCCCCCOC(=O)CCCCCCC)C(C(C)CCCCCCCC)(C(C)CCCCCCCC)C(C(C)CCCCCCCC)(C(C)CCCCCCCC)C(C(=O)O)(C(C)CCCCCCCC)C(C)CCCCCCCC. The van der Waals surface area contributed by atoms with E-state index >= 15 is 4.79 Å². The summed E-state index contributed by atoms with van der Waals surface area (Å²) in [6, 6.07) is 0.379. The van der Waals surface area contributed by atoms with Crippen molar-refractivity contribution in [2.24, 2.45) is 63.6 Å². The first kappa shape index (κ1) is 103. The Balaban J connectivity index is 9.48. The van der Waals surface area contributed by atoms with E-state index < -0.39 is 16.8 Å². The molecule has 0 bridgehead atoms. The molecule has 0 aliphatic heterocycles. The monoisotopic (exact) mass is 1470 g/mol. The molecule has 2 N–H and O–H groups in total. The quantitative estimate of drug-likeness (QED) is 0.0466. The minimum absolute atomic E-state index is 0.0147. The number of rotatable bonds is 82. The van der Waals surface area contributed by atoms with E-state index in [2.05, 4.69) is 116 Å². The van der Waals surface area contributed by atoms with Gasteiger partial charge >= 0.3 is 11.9 Å². The number of aliphatic hydroxyl groups excluding tert-OH is 1. The lowest BCUT2D eigenvalue weighted by Gasteiger charge is -2.74. The van der Waals surface area contributed by atoms with Gasteiger partial charge < -0.3 is 14.9 Å². The van der Waals surface area contributed by atoms with Gasteiger partial charge in [-0.25, -0.2) is 0 Å². The van der Waals surface area contributed by atoms with Crippen LogP contribution in [0.3, 0.4) is 0 Å². The van der Waals surface area contributed by atoms with Crippen LogP contribution in [0.25, 0.3) is 0 Å². The van der Waals surface area contributed by atoms with E-state index in [0.29, 0.717) is 49.3 Å². The van der Waals surface area contributed by atoms with Crippen LogP contribution >= 0.6 is 0 Å². The zero-order valence-electron chi connectivity index (χ0n) is 74.3. The number of carboxylic acids is 1. The van der Waals surface area contributed by atoms with Gasteiger partial charge in [0.2, 0.25) is 0 Å². The Bertz CT molecular complexity index is 1770. The zero-order chi connectivity index (χ0) is 77.2. The van der Waals surface area contributed by atoms with Crippen LogP contribution in [0.15, 0.2) is 0 Å². The molecule has 0 fully saturated rings. The lowest BCUT2D eigenvalue weighted by Crippen LogP contribution is -2.73. The Morgan fingerprint density at radius 1 is 0.308 bits per heavy atom. The smallest absolute Gasteiger partial charge is 0.310 e. The first-order chi connectivity index (χ1) is 50.5. The largest absolute Gasteiger partial charge is 0.481 e. The standard InChI is InChI=1S/C98H195NO5/c1-17-25-33-41-51-60-71-85(9)93(79-70-81-99(82-83-100)92(16)78-67-58-48-49-59-69-84-104-94(101)80-68-50-40-32-24-8)96(86(10)72-61-52-42-34-26-18-2,87(11)73-62-53-43-35-27-19-3)98(90(14)76-65-56-46-38-30-22-6,91(15)77-66-57-47-39-31-23-7)97(95(102)103,88(12)74-63-54-44-36-28-20-4)89(13)75-64-55-45-37-29-21-5/h85-93,100H,17-84H2,1-16H3,(H,102,103). The highest BCUT2D eigenvalue weighted by Crippen LogP contribution is 2.77. The highest BCUT2D eigenvalue weighted by atomic mass is 16.5. The van der Waals surface area contributed by atoms with Crippen molar-refractivity contribution in [1.82, 2.24) is 4.90 Å². The molecule has 9 unspecified atom stereocenters. The van der Waals surface area contributed by atoms with E-state index in [1.54, 1.807) is 0 Å². The third kappa shape index (κ3) is 40.9. The molecule has 0 rings (SSSR count). The molecule has 6 nitrogen and oxygen atoms in total. The van der Waals surface area contributed by atoms with E-state index in [-0.39, 0.29) is 41.7 Å². The van der Waals surface area contributed by atoms with Gasteiger partial charge in [-0.3, -0.25) is 14.5 Å². The van der Waals surface area contributed by atoms with E-state index in [9.17, 15) is 15.0 Å². The lowest BCUT2D eigenvalue weighted by atomic mass is 9.29. The van der Waals surface area contributed by atoms with Crippen molar-refractivity contribution in [2.45, 2.75) is 528 Å². The fourth-order valence-corrected chi connectivity index (χ4v) is 21.7. The van der Waals surface area contributed by atoms with Gasteiger partial charge in [-0.05, 0) is 117 Å². The highest BCUT2D eigenvalue weighted by Gasteiger charge is 2.75. The summed E-state index contributed by atoms with van der Waals surface area (Å²) in [4.78, 5) is 32.3. The molecular formula is C98H195NO5. The number of esters is 1. The number of carboxylic acid groups (broad SMARTS) is 1. The minimum Gasteiger partial charge on any atom is -0.481 e. The number of nitrogens with zero attached hydrogens (tertiary/aromatic N) is 1. The lowest BCUT2D eigenvalue weighted by molar-refractivity contribution is -0.278. The van der Waals surface area contributed by atoms with E-state index in [1.165, 1.54) is 321 Å². The van der Waals surface area contributed by atoms with Crippen LogP contribution in [-0.2, 0) is 14.3 Å². The fraction of sp³-hybridized carbons (Fsp3) is 0.980. The maximum atomic E-state index is 17.2. The molecule has 0 heterocycles. The van der Waals surface area contributed by atoms with Crippen molar-refractivity contribution in [3.63, 3.8) is 0 Å². The molecule has 0 aromatic carbocycles. The van der Waals surface area contributed by atoms with Gasteiger partial charge in [0.05, 0.1) is 18.6 Å². The van der Waals surface area contributed by atoms with E-state index in [4.69, 9.17) is 4.74 Å². The second-order valence-electron chi connectivity index (χ2n) is 35.9. The predicted octanol–water partition coefficient (Wildman–Crippen LogP) is 32.5. The predicted molar refractivity (Wildman–Crippen MR) is 463 cm³/mol. The first-order valence-corrected chi connectivity index (χ1v) is 48.2. The van der Waals surface area contributed by atoms with Gasteiger partial charge in [-0.2, -0.15) is 0 Å². The van der Waals surface area contributed by atoms with Crippen LogP contribution in [0.1, 0.15) is 522 Å².